The summed E-state index contributed by atoms with van der Waals surface area (Å²) in [5, 5.41) is 12.3. The van der Waals surface area contributed by atoms with Crippen molar-refractivity contribution in [3.8, 4) is 0 Å². The average Bonchev–Trinajstić information content (AvgIpc) is 2.91. The second kappa shape index (κ2) is 4.03. The maximum absolute atomic E-state index is 10.3. The maximum Gasteiger partial charge on any atom is 0.137 e. The van der Waals surface area contributed by atoms with Crippen LogP contribution in [0.1, 0.15) is 17.4 Å². The van der Waals surface area contributed by atoms with Crippen molar-refractivity contribution in [1.29, 1.82) is 0 Å². The summed E-state index contributed by atoms with van der Waals surface area (Å²) in [7, 11) is 0. The number of aliphatic hydroxyl groups excluding tert-OH is 1. The molecule has 0 aliphatic rings. The number of pyridine rings is 1. The van der Waals surface area contributed by atoms with E-state index in [1.54, 1.807) is 30.8 Å². The standard InChI is InChI=1S/C14H11NO2/c16-14(13-5-2-8-17-13)11-4-1-3-10-6-7-15-9-12(10)11/h1-9,14,16H. The summed E-state index contributed by atoms with van der Waals surface area (Å²) in [6.45, 7) is 0. The molecule has 1 aromatic carbocycles. The molecular weight excluding hydrogens is 214 g/mol. The predicted molar refractivity (Wildman–Crippen MR) is 64.5 cm³/mol. The van der Waals surface area contributed by atoms with Crippen LogP contribution in [0.4, 0.5) is 0 Å². The Morgan fingerprint density at radius 3 is 2.88 bits per heavy atom. The fourth-order valence-corrected chi connectivity index (χ4v) is 1.98. The molecule has 2 aromatic heterocycles. The minimum atomic E-state index is -0.752. The average molecular weight is 225 g/mol. The van der Waals surface area contributed by atoms with Crippen LogP contribution in [0.3, 0.4) is 0 Å². The Kier molecular flexibility index (Phi) is 2.38. The highest BCUT2D eigenvalue weighted by Crippen LogP contribution is 2.28. The zero-order valence-corrected chi connectivity index (χ0v) is 9.08. The molecule has 0 fully saturated rings. The summed E-state index contributed by atoms with van der Waals surface area (Å²) in [6.07, 6.45) is 4.31. The molecule has 0 saturated heterocycles. The van der Waals surface area contributed by atoms with Crippen molar-refractivity contribution < 1.29 is 9.52 Å². The van der Waals surface area contributed by atoms with E-state index in [-0.39, 0.29) is 0 Å². The Bertz CT molecular complexity index is 626. The molecule has 17 heavy (non-hydrogen) atoms. The molecule has 3 nitrogen and oxygen atoms in total. The largest absolute Gasteiger partial charge is 0.466 e. The minimum Gasteiger partial charge on any atom is -0.466 e. The van der Waals surface area contributed by atoms with E-state index in [0.29, 0.717) is 5.76 Å². The predicted octanol–water partition coefficient (Wildman–Crippen LogP) is 2.91. The number of hydrogen-bond donors (Lipinski definition) is 1. The van der Waals surface area contributed by atoms with E-state index in [0.717, 1.165) is 16.3 Å². The number of furan rings is 1. The van der Waals surface area contributed by atoms with Gasteiger partial charge in [-0.3, -0.25) is 4.98 Å². The van der Waals surface area contributed by atoms with E-state index < -0.39 is 6.10 Å². The minimum absolute atomic E-state index is 0.543. The van der Waals surface area contributed by atoms with E-state index in [2.05, 4.69) is 4.98 Å². The second-order valence-corrected chi connectivity index (χ2v) is 3.86. The van der Waals surface area contributed by atoms with Crippen LogP contribution in [0, 0.1) is 0 Å². The van der Waals surface area contributed by atoms with Crippen LogP contribution in [0.25, 0.3) is 10.8 Å². The van der Waals surface area contributed by atoms with Crippen LogP contribution in [0.5, 0.6) is 0 Å². The molecular formula is C14H11NO2. The SMILES string of the molecule is OC(c1ccco1)c1cccc2ccncc12. The van der Waals surface area contributed by atoms with Crippen LogP contribution < -0.4 is 0 Å². The van der Waals surface area contributed by atoms with Crippen LogP contribution in [-0.4, -0.2) is 10.1 Å². The molecule has 2 heterocycles. The second-order valence-electron chi connectivity index (χ2n) is 3.86. The van der Waals surface area contributed by atoms with Gasteiger partial charge >= 0.3 is 0 Å². The molecule has 0 spiro atoms. The first-order chi connectivity index (χ1) is 8.36. The molecule has 1 atom stereocenters. The van der Waals surface area contributed by atoms with Gasteiger partial charge in [0.1, 0.15) is 11.9 Å². The first kappa shape index (κ1) is 10.1. The summed E-state index contributed by atoms with van der Waals surface area (Å²) in [5.41, 5.74) is 0.811. The fourth-order valence-electron chi connectivity index (χ4n) is 1.98. The molecule has 0 aliphatic heterocycles. The molecule has 1 N–H and O–H groups in total. The van der Waals surface area contributed by atoms with Gasteiger partial charge in [0.25, 0.3) is 0 Å². The topological polar surface area (TPSA) is 46.3 Å². The van der Waals surface area contributed by atoms with Gasteiger partial charge in [-0.15, -0.1) is 0 Å². The molecule has 3 rings (SSSR count). The Labute approximate surface area is 98.3 Å². The van der Waals surface area contributed by atoms with Gasteiger partial charge in [-0.2, -0.15) is 0 Å². The number of benzene rings is 1. The van der Waals surface area contributed by atoms with Crippen molar-refractivity contribution in [2.24, 2.45) is 0 Å². The summed E-state index contributed by atoms with van der Waals surface area (Å²) < 4.78 is 5.23. The zero-order valence-electron chi connectivity index (χ0n) is 9.08. The number of fused-ring (bicyclic) bond motifs is 1. The van der Waals surface area contributed by atoms with Crippen LogP contribution in [-0.2, 0) is 0 Å². The smallest absolute Gasteiger partial charge is 0.137 e. The van der Waals surface area contributed by atoms with Gasteiger partial charge in [-0.1, -0.05) is 18.2 Å². The Hall–Kier alpha value is -2.13. The quantitative estimate of drug-likeness (QED) is 0.729. The number of nitrogens with zero attached hydrogens (tertiary/aromatic N) is 1. The number of aliphatic hydroxyl groups is 1. The van der Waals surface area contributed by atoms with Crippen molar-refractivity contribution in [3.05, 3.63) is 66.4 Å². The molecule has 1 unspecified atom stereocenters. The third-order valence-corrected chi connectivity index (χ3v) is 2.82. The van der Waals surface area contributed by atoms with E-state index in [9.17, 15) is 5.11 Å². The fraction of sp³-hybridized carbons (Fsp3) is 0.0714. The van der Waals surface area contributed by atoms with Gasteiger partial charge in [0.05, 0.1) is 6.26 Å². The molecule has 0 radical (unpaired) electrons. The number of aromatic nitrogens is 1. The summed E-state index contributed by atoms with van der Waals surface area (Å²) in [6, 6.07) is 11.3. The van der Waals surface area contributed by atoms with Crippen molar-refractivity contribution >= 4 is 10.8 Å². The molecule has 3 heteroatoms. The van der Waals surface area contributed by atoms with E-state index in [1.807, 2.05) is 24.3 Å². The first-order valence-corrected chi connectivity index (χ1v) is 5.40. The summed E-state index contributed by atoms with van der Waals surface area (Å²) in [4.78, 5) is 4.10. The molecule has 84 valence electrons. The Balaban J connectivity index is 2.17. The third-order valence-electron chi connectivity index (χ3n) is 2.82. The number of hydrogen-bond acceptors (Lipinski definition) is 3. The van der Waals surface area contributed by atoms with E-state index in [4.69, 9.17) is 4.42 Å². The molecule has 0 saturated carbocycles. The van der Waals surface area contributed by atoms with Crippen LogP contribution in [0.2, 0.25) is 0 Å². The third kappa shape index (κ3) is 1.70. The Morgan fingerprint density at radius 1 is 1.12 bits per heavy atom. The van der Waals surface area contributed by atoms with Gasteiger partial charge in [0.2, 0.25) is 0 Å². The lowest BCUT2D eigenvalue weighted by molar-refractivity contribution is 0.191. The summed E-state index contributed by atoms with van der Waals surface area (Å²) in [5.74, 6) is 0.543. The monoisotopic (exact) mass is 225 g/mol. The lowest BCUT2D eigenvalue weighted by atomic mass is 10.0. The van der Waals surface area contributed by atoms with Gasteiger partial charge in [0.15, 0.2) is 0 Å². The highest BCUT2D eigenvalue weighted by atomic mass is 16.4. The van der Waals surface area contributed by atoms with Crippen molar-refractivity contribution in [2.45, 2.75) is 6.10 Å². The molecule has 3 aromatic rings. The van der Waals surface area contributed by atoms with Gasteiger partial charge in [-0.25, -0.2) is 0 Å². The Morgan fingerprint density at radius 2 is 2.06 bits per heavy atom. The van der Waals surface area contributed by atoms with Gasteiger partial charge in [0, 0.05) is 17.8 Å². The molecule has 0 aliphatic carbocycles. The maximum atomic E-state index is 10.3. The van der Waals surface area contributed by atoms with Crippen LogP contribution >= 0.6 is 0 Å². The van der Waals surface area contributed by atoms with Gasteiger partial charge < -0.3 is 9.52 Å². The van der Waals surface area contributed by atoms with E-state index in [1.165, 1.54) is 0 Å². The van der Waals surface area contributed by atoms with Crippen molar-refractivity contribution in [3.63, 3.8) is 0 Å². The lowest BCUT2D eigenvalue weighted by Gasteiger charge is -2.10. The van der Waals surface area contributed by atoms with Crippen molar-refractivity contribution in [1.82, 2.24) is 4.98 Å². The van der Waals surface area contributed by atoms with Gasteiger partial charge in [-0.05, 0) is 29.1 Å². The van der Waals surface area contributed by atoms with Crippen molar-refractivity contribution in [2.75, 3.05) is 0 Å². The highest BCUT2D eigenvalue weighted by Gasteiger charge is 2.15. The summed E-state index contributed by atoms with van der Waals surface area (Å²) >= 11 is 0. The molecule has 0 bridgehead atoms. The zero-order chi connectivity index (χ0) is 11.7. The van der Waals surface area contributed by atoms with Crippen LogP contribution in [0.15, 0.2) is 59.5 Å². The van der Waals surface area contributed by atoms with E-state index >= 15 is 0 Å². The number of rotatable bonds is 2. The normalized spacial score (nSPS) is 12.8. The first-order valence-electron chi connectivity index (χ1n) is 5.40. The molecule has 0 amide bonds. The lowest BCUT2D eigenvalue weighted by Crippen LogP contribution is -1.99. The highest BCUT2D eigenvalue weighted by molar-refractivity contribution is 5.85.